The highest BCUT2D eigenvalue weighted by Crippen LogP contribution is 2.26. The topological polar surface area (TPSA) is 95.5 Å². The van der Waals surface area contributed by atoms with Crippen molar-refractivity contribution in [1.29, 1.82) is 0 Å². The van der Waals surface area contributed by atoms with E-state index in [4.69, 9.17) is 5.11 Å². The summed E-state index contributed by atoms with van der Waals surface area (Å²) in [6, 6.07) is 6.81. The van der Waals surface area contributed by atoms with Crippen LogP contribution in [0.4, 0.5) is 11.4 Å². The molecule has 0 aliphatic heterocycles. The molecule has 1 fully saturated rings. The van der Waals surface area contributed by atoms with Crippen molar-refractivity contribution in [3.05, 3.63) is 24.3 Å². The first-order valence-electron chi connectivity index (χ1n) is 7.47. The molecule has 22 heavy (non-hydrogen) atoms. The normalized spacial score (nSPS) is 14.5. The minimum absolute atomic E-state index is 0.0516. The van der Waals surface area contributed by atoms with E-state index >= 15 is 0 Å². The number of aliphatic carboxylic acids is 1. The third-order valence-corrected chi connectivity index (χ3v) is 3.73. The van der Waals surface area contributed by atoms with Crippen LogP contribution in [0.1, 0.15) is 38.5 Å². The average Bonchev–Trinajstić information content (AvgIpc) is 3.01. The van der Waals surface area contributed by atoms with Gasteiger partial charge in [-0.1, -0.05) is 12.8 Å². The summed E-state index contributed by atoms with van der Waals surface area (Å²) in [6.07, 6.45) is 3.86. The zero-order valence-electron chi connectivity index (χ0n) is 12.3. The molecule has 1 aliphatic carbocycles. The van der Waals surface area contributed by atoms with E-state index in [1.54, 1.807) is 24.3 Å². The van der Waals surface area contributed by atoms with Crippen molar-refractivity contribution in [2.24, 2.45) is 5.92 Å². The molecule has 118 valence electrons. The molecule has 0 unspecified atom stereocenters. The van der Waals surface area contributed by atoms with Gasteiger partial charge in [0.25, 0.3) is 0 Å². The summed E-state index contributed by atoms with van der Waals surface area (Å²) in [6.45, 7) is 0. The molecule has 1 aromatic carbocycles. The summed E-state index contributed by atoms with van der Waals surface area (Å²) in [5.41, 5.74) is 1.27. The van der Waals surface area contributed by atoms with Gasteiger partial charge in [-0.2, -0.15) is 0 Å². The molecule has 6 heteroatoms. The van der Waals surface area contributed by atoms with Crippen molar-refractivity contribution in [3.63, 3.8) is 0 Å². The van der Waals surface area contributed by atoms with Crippen molar-refractivity contribution >= 4 is 29.2 Å². The van der Waals surface area contributed by atoms with Crippen molar-refractivity contribution < 1.29 is 19.5 Å². The summed E-state index contributed by atoms with van der Waals surface area (Å²) in [4.78, 5) is 33.9. The zero-order valence-corrected chi connectivity index (χ0v) is 12.3. The summed E-state index contributed by atoms with van der Waals surface area (Å²) < 4.78 is 0. The van der Waals surface area contributed by atoms with Crippen LogP contribution in [0.5, 0.6) is 0 Å². The number of benzene rings is 1. The predicted molar refractivity (Wildman–Crippen MR) is 82.5 cm³/mol. The molecule has 3 N–H and O–H groups in total. The maximum Gasteiger partial charge on any atom is 0.303 e. The highest BCUT2D eigenvalue weighted by Gasteiger charge is 2.22. The minimum atomic E-state index is -1.000. The first-order valence-corrected chi connectivity index (χ1v) is 7.47. The maximum absolute atomic E-state index is 12.0. The number of carbonyl (C=O) groups is 3. The quantitative estimate of drug-likeness (QED) is 0.752. The lowest BCUT2D eigenvalue weighted by Crippen LogP contribution is -2.20. The Morgan fingerprint density at radius 1 is 0.955 bits per heavy atom. The van der Waals surface area contributed by atoms with Gasteiger partial charge in [-0.05, 0) is 37.1 Å². The Bertz CT molecular complexity index is 548. The third kappa shape index (κ3) is 4.87. The van der Waals surface area contributed by atoms with Gasteiger partial charge in [0.2, 0.25) is 11.8 Å². The molecule has 6 nitrogen and oxygen atoms in total. The Morgan fingerprint density at radius 2 is 1.50 bits per heavy atom. The van der Waals surface area contributed by atoms with E-state index < -0.39 is 5.97 Å². The van der Waals surface area contributed by atoms with Gasteiger partial charge in [0, 0.05) is 23.7 Å². The second-order valence-electron chi connectivity index (χ2n) is 5.49. The van der Waals surface area contributed by atoms with E-state index in [0.717, 1.165) is 25.7 Å². The molecule has 1 aliphatic rings. The molecule has 2 rings (SSSR count). The molecule has 1 aromatic rings. The van der Waals surface area contributed by atoms with Gasteiger partial charge < -0.3 is 15.7 Å². The summed E-state index contributed by atoms with van der Waals surface area (Å²) in [5.74, 6) is -1.18. The smallest absolute Gasteiger partial charge is 0.303 e. The SMILES string of the molecule is O=C(O)CCC(=O)Nc1ccc(NC(=O)C2CCCC2)cc1. The fourth-order valence-electron chi connectivity index (χ4n) is 2.51. The van der Waals surface area contributed by atoms with Crippen LogP contribution in [0, 0.1) is 5.92 Å². The van der Waals surface area contributed by atoms with E-state index in [0.29, 0.717) is 11.4 Å². The van der Waals surface area contributed by atoms with Crippen LogP contribution in [-0.4, -0.2) is 22.9 Å². The number of carboxylic acid groups (broad SMARTS) is 1. The third-order valence-electron chi connectivity index (χ3n) is 3.73. The standard InChI is InChI=1S/C16H20N2O4/c19-14(9-10-15(20)21)17-12-5-7-13(8-6-12)18-16(22)11-3-1-2-4-11/h5-8,11H,1-4,9-10H2,(H,17,19)(H,18,22)(H,20,21). The number of carbonyl (C=O) groups excluding carboxylic acids is 2. The molecule has 0 aromatic heterocycles. The number of carboxylic acids is 1. The first-order chi connectivity index (χ1) is 10.5. The molecule has 0 bridgehead atoms. The Hall–Kier alpha value is -2.37. The summed E-state index contributed by atoms with van der Waals surface area (Å²) in [7, 11) is 0. The first kappa shape index (κ1) is 16.0. The molecule has 0 atom stereocenters. The van der Waals surface area contributed by atoms with Gasteiger partial charge in [0.15, 0.2) is 0 Å². The van der Waals surface area contributed by atoms with Gasteiger partial charge in [-0.3, -0.25) is 14.4 Å². The van der Waals surface area contributed by atoms with Gasteiger partial charge in [-0.15, -0.1) is 0 Å². The Labute approximate surface area is 128 Å². The van der Waals surface area contributed by atoms with Crippen molar-refractivity contribution in [2.45, 2.75) is 38.5 Å². The van der Waals surface area contributed by atoms with Gasteiger partial charge in [0.05, 0.1) is 6.42 Å². The average molecular weight is 304 g/mol. The van der Waals surface area contributed by atoms with Gasteiger partial charge in [-0.25, -0.2) is 0 Å². The summed E-state index contributed by atoms with van der Waals surface area (Å²) in [5, 5.41) is 14.0. The van der Waals surface area contributed by atoms with Crippen LogP contribution in [0.2, 0.25) is 0 Å². The van der Waals surface area contributed by atoms with Crippen LogP contribution >= 0.6 is 0 Å². The number of nitrogens with one attached hydrogen (secondary N) is 2. The lowest BCUT2D eigenvalue weighted by atomic mass is 10.1. The second-order valence-corrected chi connectivity index (χ2v) is 5.49. The minimum Gasteiger partial charge on any atom is -0.481 e. The fourth-order valence-corrected chi connectivity index (χ4v) is 2.51. The number of hydrogen-bond acceptors (Lipinski definition) is 3. The fraction of sp³-hybridized carbons (Fsp3) is 0.438. The van der Waals surface area contributed by atoms with Gasteiger partial charge >= 0.3 is 5.97 Å². The molecular weight excluding hydrogens is 284 g/mol. The highest BCUT2D eigenvalue weighted by molar-refractivity contribution is 5.94. The van der Waals surface area contributed by atoms with Crippen LogP contribution in [0.25, 0.3) is 0 Å². The largest absolute Gasteiger partial charge is 0.481 e. The molecule has 2 amide bonds. The number of amides is 2. The van der Waals surface area contributed by atoms with E-state index in [-0.39, 0.29) is 30.6 Å². The van der Waals surface area contributed by atoms with E-state index in [2.05, 4.69) is 10.6 Å². The van der Waals surface area contributed by atoms with Crippen LogP contribution < -0.4 is 10.6 Å². The number of rotatable bonds is 6. The molecular formula is C16H20N2O4. The van der Waals surface area contributed by atoms with E-state index in [1.807, 2.05) is 0 Å². The van der Waals surface area contributed by atoms with Crippen LogP contribution in [0.15, 0.2) is 24.3 Å². The molecule has 1 saturated carbocycles. The predicted octanol–water partition coefficient (Wildman–Crippen LogP) is 2.62. The number of hydrogen-bond donors (Lipinski definition) is 3. The zero-order chi connectivity index (χ0) is 15.9. The molecule has 0 saturated heterocycles. The Morgan fingerprint density at radius 3 is 2.05 bits per heavy atom. The molecule has 0 heterocycles. The van der Waals surface area contributed by atoms with Crippen molar-refractivity contribution in [3.8, 4) is 0 Å². The Kier molecular flexibility index (Phi) is 5.52. The lowest BCUT2D eigenvalue weighted by molar-refractivity contribution is -0.138. The lowest BCUT2D eigenvalue weighted by Gasteiger charge is -2.11. The van der Waals surface area contributed by atoms with Crippen LogP contribution in [-0.2, 0) is 14.4 Å². The number of anilines is 2. The van der Waals surface area contributed by atoms with Crippen molar-refractivity contribution in [1.82, 2.24) is 0 Å². The molecule has 0 radical (unpaired) electrons. The highest BCUT2D eigenvalue weighted by atomic mass is 16.4. The van der Waals surface area contributed by atoms with E-state index in [9.17, 15) is 14.4 Å². The van der Waals surface area contributed by atoms with E-state index in [1.165, 1.54) is 0 Å². The van der Waals surface area contributed by atoms with Crippen LogP contribution in [0.3, 0.4) is 0 Å². The summed E-state index contributed by atoms with van der Waals surface area (Å²) >= 11 is 0. The second kappa shape index (κ2) is 7.59. The van der Waals surface area contributed by atoms with Crippen molar-refractivity contribution in [2.75, 3.05) is 10.6 Å². The monoisotopic (exact) mass is 304 g/mol. The molecule has 0 spiro atoms. The Balaban J connectivity index is 1.83. The maximum atomic E-state index is 12.0. The van der Waals surface area contributed by atoms with Gasteiger partial charge in [0.1, 0.15) is 0 Å².